The number of nitrogens with one attached hydrogen (secondary N) is 1. The Morgan fingerprint density at radius 3 is 2.26 bits per heavy atom. The molecule has 1 heterocycles. The molecular weight excluding hydrogens is 412 g/mol. The zero-order valence-corrected chi connectivity index (χ0v) is 18.7. The summed E-state index contributed by atoms with van der Waals surface area (Å²) >= 11 is 0. The van der Waals surface area contributed by atoms with Gasteiger partial charge in [0.25, 0.3) is 0 Å². The van der Waals surface area contributed by atoms with Gasteiger partial charge in [-0.15, -0.1) is 0 Å². The van der Waals surface area contributed by atoms with Crippen molar-refractivity contribution in [2.24, 2.45) is 5.92 Å². The first kappa shape index (κ1) is 21.8. The first-order valence-electron chi connectivity index (χ1n) is 11.1. The van der Waals surface area contributed by atoms with Gasteiger partial charge in [-0.1, -0.05) is 30.3 Å². The summed E-state index contributed by atoms with van der Waals surface area (Å²) in [6.45, 7) is 3.13. The van der Waals surface area contributed by atoms with Crippen LogP contribution in [0.4, 0.5) is 0 Å². The Kier molecular flexibility index (Phi) is 6.34. The number of ether oxygens (including phenoxy) is 1. The highest BCUT2D eigenvalue weighted by atomic mass is 32.2. The molecule has 2 fully saturated rings. The zero-order valence-electron chi connectivity index (χ0n) is 17.9. The lowest BCUT2D eigenvalue weighted by Crippen LogP contribution is -2.53. The summed E-state index contributed by atoms with van der Waals surface area (Å²) in [6, 6.07) is 16.7. The molecule has 0 atom stereocenters. The zero-order chi connectivity index (χ0) is 21.9. The minimum Gasteiger partial charge on any atom is -0.494 e. The molecule has 166 valence electrons. The number of benzene rings is 2. The van der Waals surface area contributed by atoms with E-state index in [4.69, 9.17) is 4.74 Å². The highest BCUT2D eigenvalue weighted by Gasteiger charge is 2.42. The average Bonchev–Trinajstić information content (AvgIpc) is 2.77. The molecule has 7 heteroatoms. The van der Waals surface area contributed by atoms with E-state index in [9.17, 15) is 13.2 Å². The molecule has 4 rings (SSSR count). The Hall–Kier alpha value is -2.38. The number of hydrogen-bond acceptors (Lipinski definition) is 4. The van der Waals surface area contributed by atoms with Crippen molar-refractivity contribution in [2.45, 2.75) is 49.5 Å². The van der Waals surface area contributed by atoms with Crippen molar-refractivity contribution in [3.8, 4) is 5.75 Å². The molecule has 0 radical (unpaired) electrons. The number of hydrogen-bond donors (Lipinski definition) is 1. The van der Waals surface area contributed by atoms with Crippen LogP contribution in [0.15, 0.2) is 59.5 Å². The highest BCUT2D eigenvalue weighted by Crippen LogP contribution is 2.41. The van der Waals surface area contributed by atoms with E-state index in [0.29, 0.717) is 38.3 Å². The Balaban J connectivity index is 1.37. The lowest BCUT2D eigenvalue weighted by Gasteiger charge is -2.44. The molecule has 2 aromatic rings. The number of amides is 1. The minimum atomic E-state index is -3.57. The predicted molar refractivity (Wildman–Crippen MR) is 119 cm³/mol. The van der Waals surface area contributed by atoms with Crippen LogP contribution in [0.5, 0.6) is 5.75 Å². The molecule has 31 heavy (non-hydrogen) atoms. The molecule has 2 aromatic carbocycles. The van der Waals surface area contributed by atoms with Gasteiger partial charge in [-0.05, 0) is 68.9 Å². The SMILES string of the molecule is CCOc1ccc(S(=O)(=O)N2CCC(C(=O)NC3(c4ccccc4)CCC3)CC2)cc1. The van der Waals surface area contributed by atoms with Gasteiger partial charge in [-0.3, -0.25) is 4.79 Å². The highest BCUT2D eigenvalue weighted by molar-refractivity contribution is 7.89. The van der Waals surface area contributed by atoms with Crippen LogP contribution in [0.2, 0.25) is 0 Å². The molecule has 0 unspecified atom stereocenters. The third-order valence-corrected chi connectivity index (χ3v) is 8.41. The molecule has 1 aliphatic heterocycles. The van der Waals surface area contributed by atoms with Crippen molar-refractivity contribution in [1.82, 2.24) is 9.62 Å². The average molecular weight is 443 g/mol. The Bertz CT molecular complexity index is 994. The fourth-order valence-corrected chi connectivity index (χ4v) is 5.96. The standard InChI is InChI=1S/C24H30N2O4S/c1-2-30-21-9-11-22(12-10-21)31(28,29)26-17-13-19(14-18-26)23(27)25-24(15-6-16-24)20-7-4-3-5-8-20/h3-5,7-12,19H,2,6,13-18H2,1H3,(H,25,27). The van der Waals surface area contributed by atoms with Crippen LogP contribution in [0, 0.1) is 5.92 Å². The Morgan fingerprint density at radius 1 is 1.06 bits per heavy atom. The molecule has 0 aromatic heterocycles. The van der Waals surface area contributed by atoms with Gasteiger partial charge in [0.2, 0.25) is 15.9 Å². The molecule has 0 spiro atoms. The third-order valence-electron chi connectivity index (χ3n) is 6.49. The van der Waals surface area contributed by atoms with E-state index in [1.54, 1.807) is 24.3 Å². The molecular formula is C24H30N2O4S. The van der Waals surface area contributed by atoms with E-state index in [2.05, 4.69) is 17.4 Å². The summed E-state index contributed by atoms with van der Waals surface area (Å²) in [5, 5.41) is 3.30. The molecule has 1 saturated heterocycles. The van der Waals surface area contributed by atoms with Crippen molar-refractivity contribution in [2.75, 3.05) is 19.7 Å². The summed E-state index contributed by atoms with van der Waals surface area (Å²) in [7, 11) is -3.57. The molecule has 1 aliphatic carbocycles. The van der Waals surface area contributed by atoms with Gasteiger partial charge in [-0.2, -0.15) is 4.31 Å². The second-order valence-electron chi connectivity index (χ2n) is 8.37. The van der Waals surface area contributed by atoms with Gasteiger partial charge in [0, 0.05) is 19.0 Å². The van der Waals surface area contributed by atoms with Crippen LogP contribution in [-0.4, -0.2) is 38.3 Å². The Morgan fingerprint density at radius 2 is 1.71 bits per heavy atom. The molecule has 6 nitrogen and oxygen atoms in total. The third kappa shape index (κ3) is 4.48. The predicted octanol–water partition coefficient (Wildman–Crippen LogP) is 3.68. The summed E-state index contributed by atoms with van der Waals surface area (Å²) in [5.74, 6) is 0.537. The summed E-state index contributed by atoms with van der Waals surface area (Å²) < 4.78 is 32.9. The van der Waals surface area contributed by atoms with Gasteiger partial charge in [0.05, 0.1) is 17.0 Å². The van der Waals surface area contributed by atoms with Crippen LogP contribution < -0.4 is 10.1 Å². The Labute approximate surface area is 184 Å². The molecule has 2 aliphatic rings. The number of carbonyl (C=O) groups is 1. The van der Waals surface area contributed by atoms with Crippen LogP contribution in [-0.2, 0) is 20.4 Å². The van der Waals surface area contributed by atoms with Gasteiger partial charge in [-0.25, -0.2) is 8.42 Å². The lowest BCUT2D eigenvalue weighted by atomic mass is 9.71. The van der Waals surface area contributed by atoms with E-state index >= 15 is 0 Å². The number of carbonyl (C=O) groups excluding carboxylic acids is 1. The normalized spacial score (nSPS) is 19.4. The summed E-state index contributed by atoms with van der Waals surface area (Å²) in [6.07, 6.45) is 4.08. The van der Waals surface area contributed by atoms with Crippen molar-refractivity contribution in [3.63, 3.8) is 0 Å². The molecule has 1 amide bonds. The van der Waals surface area contributed by atoms with Crippen LogP contribution >= 0.6 is 0 Å². The largest absolute Gasteiger partial charge is 0.494 e. The maximum Gasteiger partial charge on any atom is 0.243 e. The quantitative estimate of drug-likeness (QED) is 0.710. The van der Waals surface area contributed by atoms with Gasteiger partial charge in [0.1, 0.15) is 5.75 Å². The van der Waals surface area contributed by atoms with Crippen molar-refractivity contribution in [3.05, 3.63) is 60.2 Å². The van der Waals surface area contributed by atoms with E-state index in [1.165, 1.54) is 4.31 Å². The fraction of sp³-hybridized carbons (Fsp3) is 0.458. The van der Waals surface area contributed by atoms with E-state index in [1.807, 2.05) is 25.1 Å². The first-order valence-corrected chi connectivity index (χ1v) is 12.5. The van der Waals surface area contributed by atoms with Crippen LogP contribution in [0.3, 0.4) is 0 Å². The lowest BCUT2D eigenvalue weighted by molar-refractivity contribution is -0.129. The van der Waals surface area contributed by atoms with Gasteiger partial charge in [0.15, 0.2) is 0 Å². The van der Waals surface area contributed by atoms with E-state index < -0.39 is 10.0 Å². The van der Waals surface area contributed by atoms with Gasteiger partial charge < -0.3 is 10.1 Å². The second-order valence-corrected chi connectivity index (χ2v) is 10.3. The minimum absolute atomic E-state index is 0.0432. The van der Waals surface area contributed by atoms with Crippen molar-refractivity contribution < 1.29 is 17.9 Å². The molecule has 0 bridgehead atoms. The smallest absolute Gasteiger partial charge is 0.243 e. The van der Waals surface area contributed by atoms with Gasteiger partial charge >= 0.3 is 0 Å². The van der Waals surface area contributed by atoms with E-state index in [0.717, 1.165) is 24.8 Å². The number of piperidine rings is 1. The summed E-state index contributed by atoms with van der Waals surface area (Å²) in [4.78, 5) is 13.3. The maximum atomic E-state index is 13.0. The van der Waals surface area contributed by atoms with E-state index in [-0.39, 0.29) is 22.3 Å². The number of rotatable bonds is 7. The molecule has 1 N–H and O–H groups in total. The topological polar surface area (TPSA) is 75.7 Å². The first-order chi connectivity index (χ1) is 14.9. The maximum absolute atomic E-state index is 13.0. The fourth-order valence-electron chi connectivity index (χ4n) is 4.49. The van der Waals surface area contributed by atoms with Crippen LogP contribution in [0.1, 0.15) is 44.6 Å². The number of sulfonamides is 1. The van der Waals surface area contributed by atoms with Crippen LogP contribution in [0.25, 0.3) is 0 Å². The van der Waals surface area contributed by atoms with Crippen molar-refractivity contribution >= 4 is 15.9 Å². The second kappa shape index (κ2) is 9.01. The number of nitrogens with zero attached hydrogens (tertiary/aromatic N) is 1. The molecule has 1 saturated carbocycles. The summed E-state index contributed by atoms with van der Waals surface area (Å²) in [5.41, 5.74) is 0.897. The monoisotopic (exact) mass is 442 g/mol. The van der Waals surface area contributed by atoms with Crippen molar-refractivity contribution in [1.29, 1.82) is 0 Å².